The number of nitrogens with one attached hydrogen (secondary N) is 1. The van der Waals surface area contributed by atoms with Crippen molar-refractivity contribution in [3.8, 4) is 22.8 Å². The Kier molecular flexibility index (Phi) is 5.02. The molecule has 0 aliphatic heterocycles. The third kappa shape index (κ3) is 3.87. The van der Waals surface area contributed by atoms with Crippen molar-refractivity contribution in [2.24, 2.45) is 0 Å². The Morgan fingerprint density at radius 3 is 2.59 bits per heavy atom. The van der Waals surface area contributed by atoms with E-state index in [1.54, 1.807) is 24.3 Å². The van der Waals surface area contributed by atoms with Gasteiger partial charge in [0.15, 0.2) is 23.0 Å². The van der Waals surface area contributed by atoms with Gasteiger partial charge in [0.2, 0.25) is 0 Å². The Morgan fingerprint density at radius 1 is 1.11 bits per heavy atom. The van der Waals surface area contributed by atoms with Crippen LogP contribution in [0, 0.1) is 10.1 Å². The second-order valence-electron chi connectivity index (χ2n) is 5.41. The lowest BCUT2D eigenvalue weighted by molar-refractivity contribution is -0.384. The second kappa shape index (κ2) is 7.56. The van der Waals surface area contributed by atoms with E-state index in [1.807, 2.05) is 0 Å². The molecule has 0 spiro atoms. The summed E-state index contributed by atoms with van der Waals surface area (Å²) in [5.74, 6) is 0.879. The average molecular weight is 369 g/mol. The molecular formula is C18H15N3O6. The standard InChI is InChI=1S/C18H15N3O6/c1-25-15-7-6-11(8-17(15)26-2)16-10-14(20-27-16)18(22)19-12-4-3-5-13(9-12)21(23)24/h3-10H,1-2H3,(H,19,22). The number of hydrogen-bond donors (Lipinski definition) is 1. The van der Waals surface area contributed by atoms with Crippen LogP contribution < -0.4 is 14.8 Å². The summed E-state index contributed by atoms with van der Waals surface area (Å²) in [5, 5.41) is 17.1. The van der Waals surface area contributed by atoms with Crippen molar-refractivity contribution in [2.75, 3.05) is 19.5 Å². The van der Waals surface area contributed by atoms with Gasteiger partial charge in [0.1, 0.15) is 0 Å². The molecule has 9 nitrogen and oxygen atoms in total. The molecular weight excluding hydrogens is 354 g/mol. The molecule has 1 amide bonds. The molecule has 0 radical (unpaired) electrons. The molecule has 0 fully saturated rings. The highest BCUT2D eigenvalue weighted by Gasteiger charge is 2.16. The van der Waals surface area contributed by atoms with E-state index in [4.69, 9.17) is 14.0 Å². The van der Waals surface area contributed by atoms with Crippen molar-refractivity contribution in [2.45, 2.75) is 0 Å². The lowest BCUT2D eigenvalue weighted by Gasteiger charge is -2.07. The van der Waals surface area contributed by atoms with Crippen molar-refractivity contribution < 1.29 is 23.7 Å². The number of carbonyl (C=O) groups excluding carboxylic acids is 1. The van der Waals surface area contributed by atoms with Gasteiger partial charge in [-0.05, 0) is 24.3 Å². The highest BCUT2D eigenvalue weighted by Crippen LogP contribution is 2.32. The highest BCUT2D eigenvalue weighted by atomic mass is 16.6. The molecule has 0 aliphatic rings. The van der Waals surface area contributed by atoms with Gasteiger partial charge in [0.05, 0.1) is 19.1 Å². The van der Waals surface area contributed by atoms with Crippen LogP contribution in [-0.4, -0.2) is 30.2 Å². The summed E-state index contributed by atoms with van der Waals surface area (Å²) in [6.45, 7) is 0. The van der Waals surface area contributed by atoms with E-state index in [-0.39, 0.29) is 17.1 Å². The minimum atomic E-state index is -0.550. The van der Waals surface area contributed by atoms with Gasteiger partial charge in [-0.15, -0.1) is 0 Å². The van der Waals surface area contributed by atoms with Crippen LogP contribution in [0.1, 0.15) is 10.5 Å². The van der Waals surface area contributed by atoms with Gasteiger partial charge in [-0.1, -0.05) is 11.2 Å². The molecule has 1 aromatic heterocycles. The fourth-order valence-corrected chi connectivity index (χ4v) is 2.40. The number of benzene rings is 2. The van der Waals surface area contributed by atoms with Crippen LogP contribution in [0.2, 0.25) is 0 Å². The zero-order valence-corrected chi connectivity index (χ0v) is 14.5. The number of aromatic nitrogens is 1. The maximum absolute atomic E-state index is 12.3. The quantitative estimate of drug-likeness (QED) is 0.522. The Morgan fingerprint density at radius 2 is 1.89 bits per heavy atom. The molecule has 0 saturated heterocycles. The molecule has 138 valence electrons. The summed E-state index contributed by atoms with van der Waals surface area (Å²) in [6.07, 6.45) is 0. The number of hydrogen-bond acceptors (Lipinski definition) is 7. The van der Waals surface area contributed by atoms with E-state index in [1.165, 1.54) is 38.5 Å². The van der Waals surface area contributed by atoms with E-state index in [2.05, 4.69) is 10.5 Å². The van der Waals surface area contributed by atoms with Crippen LogP contribution in [0.3, 0.4) is 0 Å². The summed E-state index contributed by atoms with van der Waals surface area (Å²) in [5.41, 5.74) is 0.838. The largest absolute Gasteiger partial charge is 0.493 e. The second-order valence-corrected chi connectivity index (χ2v) is 5.41. The summed E-state index contributed by atoms with van der Waals surface area (Å²) >= 11 is 0. The molecule has 9 heteroatoms. The molecule has 1 N–H and O–H groups in total. The SMILES string of the molecule is COc1ccc(-c2cc(C(=O)Nc3cccc([N+](=O)[O-])c3)no2)cc1OC. The lowest BCUT2D eigenvalue weighted by atomic mass is 10.1. The monoisotopic (exact) mass is 369 g/mol. The molecule has 2 aromatic carbocycles. The van der Waals surface area contributed by atoms with Gasteiger partial charge in [-0.3, -0.25) is 14.9 Å². The van der Waals surface area contributed by atoms with Crippen LogP contribution in [-0.2, 0) is 0 Å². The summed E-state index contributed by atoms with van der Waals surface area (Å²) in [6, 6.07) is 12.2. The summed E-state index contributed by atoms with van der Waals surface area (Å²) < 4.78 is 15.6. The third-order valence-electron chi connectivity index (χ3n) is 3.73. The first-order valence-electron chi connectivity index (χ1n) is 7.76. The van der Waals surface area contributed by atoms with Crippen molar-refractivity contribution in [1.29, 1.82) is 0 Å². The average Bonchev–Trinajstić information content (AvgIpc) is 3.18. The number of anilines is 1. The maximum atomic E-state index is 12.3. The van der Waals surface area contributed by atoms with Gasteiger partial charge in [0.25, 0.3) is 11.6 Å². The van der Waals surface area contributed by atoms with Crippen molar-refractivity contribution in [3.05, 3.63) is 64.3 Å². The fourth-order valence-electron chi connectivity index (χ4n) is 2.40. The summed E-state index contributed by atoms with van der Waals surface area (Å²) in [4.78, 5) is 22.6. The summed E-state index contributed by atoms with van der Waals surface area (Å²) in [7, 11) is 3.04. The molecule has 0 aliphatic carbocycles. The highest BCUT2D eigenvalue weighted by molar-refractivity contribution is 6.03. The molecule has 0 saturated carbocycles. The number of nitro benzene ring substituents is 1. The number of ether oxygens (including phenoxy) is 2. The first kappa shape index (κ1) is 17.9. The number of nitrogens with zero attached hydrogens (tertiary/aromatic N) is 2. The molecule has 27 heavy (non-hydrogen) atoms. The van der Waals surface area contributed by atoms with Gasteiger partial charge in [-0.2, -0.15) is 0 Å². The van der Waals surface area contributed by atoms with Crippen LogP contribution in [0.4, 0.5) is 11.4 Å². The zero-order valence-electron chi connectivity index (χ0n) is 14.5. The van der Waals surface area contributed by atoms with Crippen molar-refractivity contribution in [3.63, 3.8) is 0 Å². The maximum Gasteiger partial charge on any atom is 0.277 e. The third-order valence-corrected chi connectivity index (χ3v) is 3.73. The van der Waals surface area contributed by atoms with Crippen molar-refractivity contribution >= 4 is 17.3 Å². The van der Waals surface area contributed by atoms with E-state index in [0.717, 1.165) is 0 Å². The van der Waals surface area contributed by atoms with Gasteiger partial charge in [0, 0.05) is 29.4 Å². The van der Waals surface area contributed by atoms with E-state index in [0.29, 0.717) is 22.8 Å². The first-order chi connectivity index (χ1) is 13.0. The minimum Gasteiger partial charge on any atom is -0.493 e. The van der Waals surface area contributed by atoms with Gasteiger partial charge >= 0.3 is 0 Å². The Bertz CT molecular complexity index is 998. The normalized spacial score (nSPS) is 10.3. The molecule has 0 atom stereocenters. The number of nitro groups is 1. The Labute approximate surface area is 153 Å². The number of methoxy groups -OCH3 is 2. The number of amides is 1. The van der Waals surface area contributed by atoms with Gasteiger partial charge < -0.3 is 19.3 Å². The lowest BCUT2D eigenvalue weighted by Crippen LogP contribution is -2.12. The first-order valence-corrected chi connectivity index (χ1v) is 7.76. The molecule has 0 bridgehead atoms. The molecule has 3 rings (SSSR count). The predicted octanol–water partition coefficient (Wildman–Crippen LogP) is 3.52. The number of rotatable bonds is 6. The van der Waals surface area contributed by atoms with Crippen LogP contribution in [0.15, 0.2) is 53.1 Å². The Balaban J connectivity index is 1.80. The number of non-ortho nitro benzene ring substituents is 1. The molecule has 0 unspecified atom stereocenters. The van der Waals surface area contributed by atoms with E-state index < -0.39 is 10.8 Å². The van der Waals surface area contributed by atoms with Gasteiger partial charge in [-0.25, -0.2) is 0 Å². The van der Waals surface area contributed by atoms with E-state index in [9.17, 15) is 14.9 Å². The smallest absolute Gasteiger partial charge is 0.277 e. The molecule has 3 aromatic rings. The number of carbonyl (C=O) groups is 1. The Hall–Kier alpha value is -3.88. The fraction of sp³-hybridized carbons (Fsp3) is 0.111. The van der Waals surface area contributed by atoms with Crippen molar-refractivity contribution in [1.82, 2.24) is 5.16 Å². The topological polar surface area (TPSA) is 117 Å². The minimum absolute atomic E-state index is 0.0336. The zero-order chi connectivity index (χ0) is 19.4. The van der Waals surface area contributed by atoms with Crippen LogP contribution in [0.25, 0.3) is 11.3 Å². The van der Waals surface area contributed by atoms with E-state index >= 15 is 0 Å². The predicted molar refractivity (Wildman–Crippen MR) is 96.1 cm³/mol. The van der Waals surface area contributed by atoms with Crippen LogP contribution in [0.5, 0.6) is 11.5 Å². The molecule has 1 heterocycles. The van der Waals surface area contributed by atoms with Crippen LogP contribution >= 0.6 is 0 Å².